The molecule has 0 saturated heterocycles. The van der Waals surface area contributed by atoms with Crippen LogP contribution in [0.3, 0.4) is 0 Å². The van der Waals surface area contributed by atoms with E-state index >= 15 is 0 Å². The number of methoxy groups -OCH3 is 1. The van der Waals surface area contributed by atoms with Crippen LogP contribution in [-0.4, -0.2) is 18.1 Å². The van der Waals surface area contributed by atoms with E-state index in [1.165, 1.54) is 19.2 Å². The van der Waals surface area contributed by atoms with E-state index in [2.05, 4.69) is 5.32 Å². The first-order valence-corrected chi connectivity index (χ1v) is 6.94. The molecule has 4 nitrogen and oxygen atoms in total. The Kier molecular flexibility index (Phi) is 5.35. The standard InChI is InChI=1S/C16H15ClFNO3/c1-22-15-7-6-12(8-13(15)18)19-16(21)9-14(20)10-2-4-11(17)5-3-10/h2-8,14,20H,9H2,1H3,(H,19,21). The summed E-state index contributed by atoms with van der Waals surface area (Å²) in [7, 11) is 1.36. The van der Waals surface area contributed by atoms with Gasteiger partial charge in [0, 0.05) is 16.8 Å². The number of aliphatic hydroxyl groups excluding tert-OH is 1. The monoisotopic (exact) mass is 323 g/mol. The molecule has 0 fully saturated rings. The highest BCUT2D eigenvalue weighted by atomic mass is 35.5. The Morgan fingerprint density at radius 1 is 1.32 bits per heavy atom. The van der Waals surface area contributed by atoms with E-state index in [9.17, 15) is 14.3 Å². The number of nitrogens with one attached hydrogen (secondary N) is 1. The lowest BCUT2D eigenvalue weighted by molar-refractivity contribution is -0.118. The van der Waals surface area contributed by atoms with Crippen LogP contribution in [0.4, 0.5) is 10.1 Å². The van der Waals surface area contributed by atoms with Crippen LogP contribution in [0.1, 0.15) is 18.1 Å². The van der Waals surface area contributed by atoms with Crippen molar-refractivity contribution >= 4 is 23.2 Å². The highest BCUT2D eigenvalue weighted by molar-refractivity contribution is 6.30. The molecule has 0 saturated carbocycles. The summed E-state index contributed by atoms with van der Waals surface area (Å²) in [5.41, 5.74) is 0.882. The van der Waals surface area contributed by atoms with Gasteiger partial charge in [0.05, 0.1) is 19.6 Å². The van der Waals surface area contributed by atoms with Gasteiger partial charge in [-0.2, -0.15) is 0 Å². The minimum atomic E-state index is -0.958. The van der Waals surface area contributed by atoms with Crippen molar-refractivity contribution < 1.29 is 19.0 Å². The Hall–Kier alpha value is -2.11. The molecule has 2 N–H and O–H groups in total. The fourth-order valence-corrected chi connectivity index (χ4v) is 2.06. The number of rotatable bonds is 5. The van der Waals surface area contributed by atoms with Gasteiger partial charge in [0.1, 0.15) is 0 Å². The number of aliphatic hydroxyl groups is 1. The largest absolute Gasteiger partial charge is 0.494 e. The van der Waals surface area contributed by atoms with Crippen molar-refractivity contribution in [2.24, 2.45) is 0 Å². The summed E-state index contributed by atoms with van der Waals surface area (Å²) in [5.74, 6) is -0.898. The SMILES string of the molecule is COc1ccc(NC(=O)CC(O)c2ccc(Cl)cc2)cc1F. The Labute approximate surface area is 132 Å². The summed E-state index contributed by atoms with van der Waals surface area (Å²) in [6, 6.07) is 10.7. The van der Waals surface area contributed by atoms with Crippen LogP contribution in [0.5, 0.6) is 5.75 Å². The molecule has 2 rings (SSSR count). The smallest absolute Gasteiger partial charge is 0.227 e. The van der Waals surface area contributed by atoms with Crippen molar-refractivity contribution in [2.45, 2.75) is 12.5 Å². The summed E-state index contributed by atoms with van der Waals surface area (Å²) in [4.78, 5) is 11.9. The molecule has 22 heavy (non-hydrogen) atoms. The second-order valence-electron chi connectivity index (χ2n) is 4.67. The van der Waals surface area contributed by atoms with E-state index in [0.717, 1.165) is 6.07 Å². The fourth-order valence-electron chi connectivity index (χ4n) is 1.93. The van der Waals surface area contributed by atoms with Crippen LogP contribution < -0.4 is 10.1 Å². The molecular weight excluding hydrogens is 309 g/mol. The number of halogens is 2. The molecule has 0 radical (unpaired) electrons. The number of carbonyl (C=O) groups excluding carboxylic acids is 1. The van der Waals surface area contributed by atoms with Gasteiger partial charge in [0.25, 0.3) is 0 Å². The van der Waals surface area contributed by atoms with E-state index < -0.39 is 17.8 Å². The van der Waals surface area contributed by atoms with Crippen LogP contribution in [0.15, 0.2) is 42.5 Å². The summed E-state index contributed by atoms with van der Waals surface area (Å²) in [5, 5.41) is 13.1. The van der Waals surface area contributed by atoms with Crippen LogP contribution >= 0.6 is 11.6 Å². The zero-order valence-electron chi connectivity index (χ0n) is 11.8. The Balaban J connectivity index is 1.97. The van der Waals surface area contributed by atoms with E-state index in [1.807, 2.05) is 0 Å². The number of amides is 1. The van der Waals surface area contributed by atoms with Gasteiger partial charge in [-0.15, -0.1) is 0 Å². The maximum absolute atomic E-state index is 13.5. The molecule has 0 aromatic heterocycles. The maximum Gasteiger partial charge on any atom is 0.227 e. The molecule has 0 heterocycles. The number of hydrogen-bond acceptors (Lipinski definition) is 3. The van der Waals surface area contributed by atoms with Crippen molar-refractivity contribution in [3.05, 3.63) is 58.9 Å². The van der Waals surface area contributed by atoms with E-state index in [-0.39, 0.29) is 12.2 Å². The molecule has 0 aliphatic rings. The Morgan fingerprint density at radius 3 is 2.59 bits per heavy atom. The number of ether oxygens (including phenoxy) is 1. The lowest BCUT2D eigenvalue weighted by Gasteiger charge is -2.12. The predicted molar refractivity (Wildman–Crippen MR) is 82.6 cm³/mol. The second kappa shape index (κ2) is 7.24. The number of benzene rings is 2. The van der Waals surface area contributed by atoms with Crippen molar-refractivity contribution in [2.75, 3.05) is 12.4 Å². The van der Waals surface area contributed by atoms with Gasteiger partial charge in [0.15, 0.2) is 11.6 Å². The molecule has 1 unspecified atom stereocenters. The van der Waals surface area contributed by atoms with Crippen LogP contribution in [0, 0.1) is 5.82 Å². The van der Waals surface area contributed by atoms with Gasteiger partial charge in [-0.25, -0.2) is 4.39 Å². The average molecular weight is 324 g/mol. The van der Waals surface area contributed by atoms with Crippen molar-refractivity contribution in [3.63, 3.8) is 0 Å². The van der Waals surface area contributed by atoms with Gasteiger partial charge in [-0.1, -0.05) is 23.7 Å². The van der Waals surface area contributed by atoms with Gasteiger partial charge in [-0.05, 0) is 29.8 Å². The second-order valence-corrected chi connectivity index (χ2v) is 5.11. The molecule has 1 atom stereocenters. The Morgan fingerprint density at radius 2 is 2.00 bits per heavy atom. The highest BCUT2D eigenvalue weighted by Gasteiger charge is 2.14. The summed E-state index contributed by atoms with van der Waals surface area (Å²) in [6.45, 7) is 0. The molecule has 6 heteroatoms. The zero-order chi connectivity index (χ0) is 16.1. The summed E-state index contributed by atoms with van der Waals surface area (Å²) in [6.07, 6.45) is -1.10. The van der Waals surface area contributed by atoms with Gasteiger partial charge in [-0.3, -0.25) is 4.79 Å². The van der Waals surface area contributed by atoms with Crippen molar-refractivity contribution in [3.8, 4) is 5.75 Å². The average Bonchev–Trinajstić information content (AvgIpc) is 2.48. The first-order chi connectivity index (χ1) is 10.5. The van der Waals surface area contributed by atoms with Crippen LogP contribution in [0.2, 0.25) is 5.02 Å². The van der Waals surface area contributed by atoms with Crippen LogP contribution in [0.25, 0.3) is 0 Å². The first-order valence-electron chi connectivity index (χ1n) is 6.56. The highest BCUT2D eigenvalue weighted by Crippen LogP contribution is 2.22. The van der Waals surface area contributed by atoms with E-state index in [4.69, 9.17) is 16.3 Å². The third-order valence-electron chi connectivity index (χ3n) is 3.07. The number of anilines is 1. The number of hydrogen-bond donors (Lipinski definition) is 2. The lowest BCUT2D eigenvalue weighted by Crippen LogP contribution is -2.15. The fraction of sp³-hybridized carbons (Fsp3) is 0.188. The molecule has 116 valence electrons. The molecular formula is C16H15ClFNO3. The molecule has 0 aliphatic carbocycles. The topological polar surface area (TPSA) is 58.6 Å². The van der Waals surface area contributed by atoms with E-state index in [0.29, 0.717) is 16.3 Å². The third kappa shape index (κ3) is 4.19. The Bertz CT molecular complexity index is 661. The molecule has 1 amide bonds. The summed E-state index contributed by atoms with van der Waals surface area (Å²) >= 11 is 5.76. The van der Waals surface area contributed by atoms with Crippen molar-refractivity contribution in [1.82, 2.24) is 0 Å². The minimum absolute atomic E-state index is 0.0965. The molecule has 0 bridgehead atoms. The van der Waals surface area contributed by atoms with Gasteiger partial charge in [0.2, 0.25) is 5.91 Å². The van der Waals surface area contributed by atoms with Gasteiger partial charge >= 0.3 is 0 Å². The molecule has 0 spiro atoms. The lowest BCUT2D eigenvalue weighted by atomic mass is 10.1. The first kappa shape index (κ1) is 16.3. The minimum Gasteiger partial charge on any atom is -0.494 e. The van der Waals surface area contributed by atoms with E-state index in [1.54, 1.807) is 24.3 Å². The van der Waals surface area contributed by atoms with Crippen molar-refractivity contribution in [1.29, 1.82) is 0 Å². The predicted octanol–water partition coefficient (Wildman–Crippen LogP) is 3.55. The maximum atomic E-state index is 13.5. The molecule has 0 aliphatic heterocycles. The number of carbonyl (C=O) groups is 1. The third-order valence-corrected chi connectivity index (χ3v) is 3.32. The molecule has 2 aromatic carbocycles. The normalized spacial score (nSPS) is 11.8. The zero-order valence-corrected chi connectivity index (χ0v) is 12.6. The van der Waals surface area contributed by atoms with Crippen LogP contribution in [-0.2, 0) is 4.79 Å². The van der Waals surface area contributed by atoms with Gasteiger partial charge < -0.3 is 15.2 Å². The summed E-state index contributed by atoms with van der Waals surface area (Å²) < 4.78 is 18.3. The quantitative estimate of drug-likeness (QED) is 0.884. The molecule has 2 aromatic rings.